The summed E-state index contributed by atoms with van der Waals surface area (Å²) in [5.41, 5.74) is 1.44. The lowest BCUT2D eigenvalue weighted by Crippen LogP contribution is -2.20. The fraction of sp³-hybridized carbons (Fsp3) is 0.200. The zero-order valence-electron chi connectivity index (χ0n) is 16.1. The maximum absolute atomic E-state index is 13.8. The number of carbonyl (C=O) groups excluding carboxylic acids is 1. The first-order valence-electron chi connectivity index (χ1n) is 9.02. The number of rotatable bonds is 5. The van der Waals surface area contributed by atoms with E-state index in [0.717, 1.165) is 0 Å². The first-order valence-corrected chi connectivity index (χ1v) is 9.02. The van der Waals surface area contributed by atoms with Crippen LogP contribution in [0.15, 0.2) is 42.7 Å². The van der Waals surface area contributed by atoms with E-state index in [1.807, 2.05) is 0 Å². The van der Waals surface area contributed by atoms with Gasteiger partial charge in [-0.25, -0.2) is 22.8 Å². The Morgan fingerprint density at radius 1 is 1.27 bits per heavy atom. The Bertz CT molecular complexity index is 1250. The summed E-state index contributed by atoms with van der Waals surface area (Å²) in [6.07, 6.45) is 0.435. The molecule has 1 N–H and O–H groups in total. The lowest BCUT2D eigenvalue weighted by molar-refractivity contribution is -0.116. The van der Waals surface area contributed by atoms with Gasteiger partial charge in [0.15, 0.2) is 5.65 Å². The fourth-order valence-corrected chi connectivity index (χ4v) is 3.27. The largest absolute Gasteiger partial charge is 0.324 e. The molecule has 4 rings (SSSR count). The van der Waals surface area contributed by atoms with Crippen molar-refractivity contribution in [3.05, 3.63) is 59.8 Å². The number of amides is 1. The van der Waals surface area contributed by atoms with E-state index in [-0.39, 0.29) is 28.8 Å². The summed E-state index contributed by atoms with van der Waals surface area (Å²) in [6, 6.07) is 6.76. The molecule has 3 heterocycles. The van der Waals surface area contributed by atoms with Gasteiger partial charge in [0.05, 0.1) is 23.0 Å². The molecule has 154 valence electrons. The molecule has 0 fully saturated rings. The van der Waals surface area contributed by atoms with E-state index in [2.05, 4.69) is 20.5 Å². The van der Waals surface area contributed by atoms with Crippen LogP contribution in [-0.2, 0) is 18.4 Å². The molecule has 1 aromatic carbocycles. The first kappa shape index (κ1) is 19.6. The molecule has 0 radical (unpaired) electrons. The van der Waals surface area contributed by atoms with Gasteiger partial charge in [-0.05, 0) is 31.2 Å². The second-order valence-electron chi connectivity index (χ2n) is 6.80. The van der Waals surface area contributed by atoms with Crippen molar-refractivity contribution in [2.75, 3.05) is 5.32 Å². The van der Waals surface area contributed by atoms with Gasteiger partial charge in [0, 0.05) is 30.1 Å². The molecule has 0 aliphatic carbocycles. The van der Waals surface area contributed by atoms with Crippen molar-refractivity contribution in [1.82, 2.24) is 24.5 Å². The monoisotopic (exact) mass is 414 g/mol. The quantitative estimate of drug-likeness (QED) is 0.538. The lowest BCUT2D eigenvalue weighted by Gasteiger charge is -2.08. The average Bonchev–Trinajstić information content (AvgIpc) is 3.24. The molecule has 4 aromatic rings. The number of benzene rings is 1. The zero-order valence-corrected chi connectivity index (χ0v) is 16.1. The Balaban J connectivity index is 1.74. The third-order valence-corrected chi connectivity index (χ3v) is 4.55. The topological polar surface area (TPSA) is 77.6 Å². The minimum atomic E-state index is -2.75. The van der Waals surface area contributed by atoms with E-state index in [1.165, 1.54) is 39.8 Å². The van der Waals surface area contributed by atoms with Gasteiger partial charge in [0.1, 0.15) is 12.4 Å². The second-order valence-corrected chi connectivity index (χ2v) is 6.80. The van der Waals surface area contributed by atoms with E-state index in [1.54, 1.807) is 26.2 Å². The number of nitrogens with zero attached hydrogens (tertiary/aromatic N) is 5. The maximum atomic E-state index is 13.8. The number of alkyl halides is 2. The van der Waals surface area contributed by atoms with Crippen LogP contribution in [-0.4, -0.2) is 30.5 Å². The molecule has 3 aromatic heterocycles. The Morgan fingerprint density at radius 3 is 2.73 bits per heavy atom. The van der Waals surface area contributed by atoms with Gasteiger partial charge in [-0.3, -0.25) is 9.48 Å². The number of pyridine rings is 1. The van der Waals surface area contributed by atoms with Gasteiger partial charge in [0.2, 0.25) is 5.91 Å². The normalized spacial score (nSPS) is 11.4. The second kappa shape index (κ2) is 7.62. The number of halogens is 3. The molecule has 0 unspecified atom stereocenters. The molecule has 0 atom stereocenters. The van der Waals surface area contributed by atoms with Crippen LogP contribution in [0, 0.1) is 12.7 Å². The van der Waals surface area contributed by atoms with E-state index >= 15 is 0 Å². The highest BCUT2D eigenvalue weighted by Gasteiger charge is 2.22. The molecule has 0 aliphatic heterocycles. The Kier molecular flexibility index (Phi) is 4.98. The number of aromatic nitrogens is 5. The van der Waals surface area contributed by atoms with E-state index < -0.39 is 18.1 Å². The van der Waals surface area contributed by atoms with Gasteiger partial charge >= 0.3 is 0 Å². The van der Waals surface area contributed by atoms with Gasteiger partial charge in [-0.1, -0.05) is 6.07 Å². The number of hydrogen-bond acceptors (Lipinski definition) is 4. The number of anilines is 1. The highest BCUT2D eigenvalue weighted by molar-refractivity contribution is 5.92. The van der Waals surface area contributed by atoms with Crippen LogP contribution in [0.2, 0.25) is 0 Å². The minimum Gasteiger partial charge on any atom is -0.324 e. The van der Waals surface area contributed by atoms with Crippen LogP contribution in [0.5, 0.6) is 0 Å². The molecular formula is C20H17F3N6O. The van der Waals surface area contributed by atoms with Gasteiger partial charge in [-0.15, -0.1) is 0 Å². The van der Waals surface area contributed by atoms with Crippen molar-refractivity contribution < 1.29 is 18.0 Å². The fourth-order valence-electron chi connectivity index (χ4n) is 3.27. The van der Waals surface area contributed by atoms with E-state index in [4.69, 9.17) is 0 Å². The lowest BCUT2D eigenvalue weighted by atomic mass is 10.1. The summed E-state index contributed by atoms with van der Waals surface area (Å²) in [4.78, 5) is 16.9. The molecule has 0 saturated carbocycles. The van der Waals surface area contributed by atoms with Crippen molar-refractivity contribution in [3.63, 3.8) is 0 Å². The standard InChI is InChI=1S/C20H17F3N6O/c1-11-18-15(19(22)23)7-16(12-8-24-28(2)9-12)26-20(18)29(27-11)10-17(30)25-14-5-3-4-13(21)6-14/h3-9,19H,10H2,1-2H3,(H,25,30). The molecule has 10 heteroatoms. The van der Waals surface area contributed by atoms with Crippen molar-refractivity contribution in [1.29, 1.82) is 0 Å². The molecule has 1 amide bonds. The van der Waals surface area contributed by atoms with Crippen molar-refractivity contribution >= 4 is 22.6 Å². The third kappa shape index (κ3) is 3.76. The summed E-state index contributed by atoms with van der Waals surface area (Å²) < 4.78 is 43.7. The van der Waals surface area contributed by atoms with Crippen molar-refractivity contribution in [2.45, 2.75) is 19.9 Å². The van der Waals surface area contributed by atoms with E-state index in [0.29, 0.717) is 17.0 Å². The predicted molar refractivity (Wildman–Crippen MR) is 104 cm³/mol. The Hall–Kier alpha value is -3.69. The predicted octanol–water partition coefficient (Wildman–Crippen LogP) is 3.86. The van der Waals surface area contributed by atoms with Crippen molar-refractivity contribution in [3.8, 4) is 11.3 Å². The summed E-state index contributed by atoms with van der Waals surface area (Å²) in [6.45, 7) is 1.31. The highest BCUT2D eigenvalue weighted by atomic mass is 19.3. The molecule has 0 aliphatic rings. The van der Waals surface area contributed by atoms with Crippen LogP contribution < -0.4 is 5.32 Å². The number of aryl methyl sites for hydroxylation is 2. The summed E-state index contributed by atoms with van der Waals surface area (Å²) >= 11 is 0. The SMILES string of the molecule is Cc1nn(CC(=O)Nc2cccc(F)c2)c2nc(-c3cnn(C)c3)cc(C(F)F)c12. The first-order chi connectivity index (χ1) is 14.3. The van der Waals surface area contributed by atoms with Crippen LogP contribution in [0.25, 0.3) is 22.3 Å². The minimum absolute atomic E-state index is 0.165. The number of nitrogens with one attached hydrogen (secondary N) is 1. The van der Waals surface area contributed by atoms with Gasteiger partial charge < -0.3 is 5.32 Å². The average molecular weight is 414 g/mol. The molecule has 30 heavy (non-hydrogen) atoms. The van der Waals surface area contributed by atoms with Crippen LogP contribution in [0.3, 0.4) is 0 Å². The van der Waals surface area contributed by atoms with Crippen LogP contribution in [0.4, 0.5) is 18.9 Å². The van der Waals surface area contributed by atoms with Gasteiger partial charge in [-0.2, -0.15) is 10.2 Å². The number of hydrogen-bond donors (Lipinski definition) is 1. The molecule has 0 spiro atoms. The highest BCUT2D eigenvalue weighted by Crippen LogP contribution is 2.32. The summed E-state index contributed by atoms with van der Waals surface area (Å²) in [7, 11) is 1.71. The summed E-state index contributed by atoms with van der Waals surface area (Å²) in [5, 5.41) is 11.1. The van der Waals surface area contributed by atoms with Crippen LogP contribution >= 0.6 is 0 Å². The van der Waals surface area contributed by atoms with Crippen molar-refractivity contribution in [2.24, 2.45) is 7.05 Å². The Labute approximate surface area is 169 Å². The zero-order chi connectivity index (χ0) is 21.4. The van der Waals surface area contributed by atoms with E-state index in [9.17, 15) is 18.0 Å². The molecular weight excluding hydrogens is 397 g/mol. The summed E-state index contributed by atoms with van der Waals surface area (Å²) in [5.74, 6) is -0.977. The molecule has 0 saturated heterocycles. The molecule has 7 nitrogen and oxygen atoms in total. The Morgan fingerprint density at radius 2 is 2.07 bits per heavy atom. The number of carbonyl (C=O) groups is 1. The third-order valence-electron chi connectivity index (χ3n) is 4.55. The number of fused-ring (bicyclic) bond motifs is 1. The molecule has 0 bridgehead atoms. The maximum Gasteiger partial charge on any atom is 0.264 e. The van der Waals surface area contributed by atoms with Crippen LogP contribution in [0.1, 0.15) is 17.7 Å². The van der Waals surface area contributed by atoms with Gasteiger partial charge in [0.25, 0.3) is 6.43 Å². The smallest absolute Gasteiger partial charge is 0.264 e.